The van der Waals surface area contributed by atoms with Gasteiger partial charge in [-0.25, -0.2) is 8.42 Å². The Morgan fingerprint density at radius 2 is 1.88 bits per heavy atom. The molecule has 0 radical (unpaired) electrons. The van der Waals surface area contributed by atoms with Gasteiger partial charge in [-0.05, 0) is 39.4 Å². The van der Waals surface area contributed by atoms with Crippen molar-refractivity contribution in [3.05, 3.63) is 24.3 Å². The molecule has 5 nitrogen and oxygen atoms in total. The zero-order chi connectivity index (χ0) is 17.5. The molecule has 0 heterocycles. The van der Waals surface area contributed by atoms with Crippen molar-refractivity contribution >= 4 is 39.9 Å². The lowest BCUT2D eigenvalue weighted by Crippen LogP contribution is -2.40. The van der Waals surface area contributed by atoms with Crippen molar-refractivity contribution < 1.29 is 13.2 Å². The average molecular weight is 395 g/mol. The van der Waals surface area contributed by atoms with Crippen molar-refractivity contribution in [2.75, 3.05) is 19.3 Å². The van der Waals surface area contributed by atoms with Crippen molar-refractivity contribution in [2.45, 2.75) is 48.3 Å². The first-order valence-corrected chi connectivity index (χ1v) is 10.3. The van der Waals surface area contributed by atoms with Crippen LogP contribution in [0.2, 0.25) is 0 Å². The van der Waals surface area contributed by atoms with Crippen molar-refractivity contribution in [3.8, 4) is 0 Å². The van der Waals surface area contributed by atoms with Crippen LogP contribution in [-0.4, -0.2) is 45.0 Å². The summed E-state index contributed by atoms with van der Waals surface area (Å²) in [7, 11) is -1.47. The Labute approximate surface area is 155 Å². The zero-order valence-electron chi connectivity index (χ0n) is 14.5. The predicted octanol–water partition coefficient (Wildman–Crippen LogP) is 2.50. The summed E-state index contributed by atoms with van der Waals surface area (Å²) in [5, 5.41) is 5.55. The van der Waals surface area contributed by atoms with Crippen LogP contribution in [0.3, 0.4) is 0 Å². The molecule has 0 fully saturated rings. The Morgan fingerprint density at radius 3 is 2.46 bits per heavy atom. The molecule has 138 valence electrons. The van der Waals surface area contributed by atoms with E-state index in [0.29, 0.717) is 22.8 Å². The van der Waals surface area contributed by atoms with E-state index in [1.54, 1.807) is 31.2 Å². The molecule has 0 saturated carbocycles. The molecule has 8 heteroatoms. The number of halogens is 1. The molecule has 0 bridgehead atoms. The largest absolute Gasteiger partial charge is 0.354 e. The highest BCUT2D eigenvalue weighted by Crippen LogP contribution is 2.30. The second-order valence-electron chi connectivity index (χ2n) is 5.46. The van der Waals surface area contributed by atoms with E-state index in [4.69, 9.17) is 0 Å². The number of sulfone groups is 1. The van der Waals surface area contributed by atoms with Crippen molar-refractivity contribution in [1.29, 1.82) is 0 Å². The van der Waals surface area contributed by atoms with Crippen LogP contribution in [0.4, 0.5) is 0 Å². The first-order valence-electron chi connectivity index (χ1n) is 7.75. The van der Waals surface area contributed by atoms with Crippen LogP contribution in [0.15, 0.2) is 34.1 Å². The molecule has 1 rings (SSSR count). The van der Waals surface area contributed by atoms with Crippen molar-refractivity contribution in [2.24, 2.45) is 0 Å². The second kappa shape index (κ2) is 11.0. The summed E-state index contributed by atoms with van der Waals surface area (Å²) in [4.78, 5) is 13.1. The normalized spacial score (nSPS) is 13.7. The highest BCUT2D eigenvalue weighted by atomic mass is 35.5. The molecule has 1 amide bonds. The van der Waals surface area contributed by atoms with E-state index in [1.165, 1.54) is 11.8 Å². The first-order chi connectivity index (χ1) is 10.8. The highest BCUT2D eigenvalue weighted by molar-refractivity contribution is 8.01. The monoisotopic (exact) mass is 394 g/mol. The number of rotatable bonds is 9. The van der Waals surface area contributed by atoms with E-state index < -0.39 is 9.84 Å². The molecule has 2 atom stereocenters. The maximum absolute atomic E-state index is 12.3. The quantitative estimate of drug-likeness (QED) is 0.629. The molecular formula is C16H27ClN2O3S2. The lowest BCUT2D eigenvalue weighted by molar-refractivity contribution is -0.120. The second-order valence-corrected chi connectivity index (χ2v) is 8.92. The van der Waals surface area contributed by atoms with Gasteiger partial charge in [0.1, 0.15) is 0 Å². The molecule has 0 saturated heterocycles. The van der Waals surface area contributed by atoms with E-state index in [1.807, 2.05) is 20.9 Å². The Bertz CT molecular complexity index is 624. The minimum Gasteiger partial charge on any atom is -0.354 e. The number of thioether (sulfide) groups is 1. The molecule has 1 aromatic carbocycles. The van der Waals surface area contributed by atoms with E-state index in [9.17, 15) is 13.2 Å². The first kappa shape index (κ1) is 23.2. The van der Waals surface area contributed by atoms with Crippen LogP contribution in [-0.2, 0) is 14.6 Å². The molecule has 2 unspecified atom stereocenters. The third kappa shape index (κ3) is 7.01. The molecule has 2 N–H and O–H groups in total. The molecule has 0 aliphatic rings. The van der Waals surface area contributed by atoms with Crippen LogP contribution < -0.4 is 10.6 Å². The van der Waals surface area contributed by atoms with Gasteiger partial charge in [0.25, 0.3) is 0 Å². The number of likely N-dealkylation sites (N-methyl/N-ethyl adjacent to an activating group) is 1. The standard InChI is InChI=1S/C16H26N2O3S2.ClH/c1-5-10-23(20,21)15-9-7-6-8-14(15)22-13(3)16(19)18-11-12(2)17-4;/h6-9,12-13,17H,5,10-11H2,1-4H3,(H,18,19);1H. The van der Waals surface area contributed by atoms with E-state index in [0.717, 1.165) is 0 Å². The van der Waals surface area contributed by atoms with Crippen molar-refractivity contribution in [1.82, 2.24) is 10.6 Å². The minimum atomic E-state index is -3.30. The van der Waals surface area contributed by atoms with Crippen LogP contribution in [0.5, 0.6) is 0 Å². The molecule has 24 heavy (non-hydrogen) atoms. The Balaban J connectivity index is 0.00000529. The average Bonchev–Trinajstić information content (AvgIpc) is 2.52. The number of hydrogen-bond donors (Lipinski definition) is 2. The zero-order valence-corrected chi connectivity index (χ0v) is 17.0. The SMILES string of the molecule is CCCS(=O)(=O)c1ccccc1SC(C)C(=O)NCC(C)NC.Cl. The van der Waals surface area contributed by atoms with Gasteiger partial charge in [-0.2, -0.15) is 0 Å². The van der Waals surface area contributed by atoms with Gasteiger partial charge in [-0.15, -0.1) is 24.2 Å². The fourth-order valence-electron chi connectivity index (χ4n) is 1.93. The van der Waals surface area contributed by atoms with Gasteiger partial charge in [-0.3, -0.25) is 4.79 Å². The number of amides is 1. The highest BCUT2D eigenvalue weighted by Gasteiger charge is 2.21. The molecular weight excluding hydrogens is 368 g/mol. The number of carbonyl (C=O) groups excluding carboxylic acids is 1. The Hall–Kier alpha value is -0.760. The minimum absolute atomic E-state index is 0. The third-order valence-electron chi connectivity index (χ3n) is 3.41. The lowest BCUT2D eigenvalue weighted by atomic mass is 10.3. The predicted molar refractivity (Wildman–Crippen MR) is 103 cm³/mol. The summed E-state index contributed by atoms with van der Waals surface area (Å²) in [6.07, 6.45) is 0.569. The smallest absolute Gasteiger partial charge is 0.233 e. The summed E-state index contributed by atoms with van der Waals surface area (Å²) in [5.74, 6) is 0.0185. The Kier molecular flexibility index (Phi) is 10.6. The number of carbonyl (C=O) groups is 1. The fraction of sp³-hybridized carbons (Fsp3) is 0.562. The molecule has 0 aromatic heterocycles. The fourth-order valence-corrected chi connectivity index (χ4v) is 4.78. The number of nitrogens with one attached hydrogen (secondary N) is 2. The van der Waals surface area contributed by atoms with Gasteiger partial charge in [0.2, 0.25) is 5.91 Å². The van der Waals surface area contributed by atoms with Gasteiger partial charge in [0.05, 0.1) is 15.9 Å². The molecule has 1 aromatic rings. The van der Waals surface area contributed by atoms with Gasteiger partial charge in [-0.1, -0.05) is 19.1 Å². The van der Waals surface area contributed by atoms with E-state index in [-0.39, 0.29) is 35.4 Å². The van der Waals surface area contributed by atoms with Gasteiger partial charge >= 0.3 is 0 Å². The van der Waals surface area contributed by atoms with Crippen LogP contribution in [0.1, 0.15) is 27.2 Å². The van der Waals surface area contributed by atoms with Crippen LogP contribution in [0, 0.1) is 0 Å². The summed E-state index contributed by atoms with van der Waals surface area (Å²) in [5.41, 5.74) is 0. The van der Waals surface area contributed by atoms with E-state index >= 15 is 0 Å². The maximum Gasteiger partial charge on any atom is 0.233 e. The summed E-state index contributed by atoms with van der Waals surface area (Å²) in [6, 6.07) is 7.06. The molecule has 0 spiro atoms. The topological polar surface area (TPSA) is 75.3 Å². The maximum atomic E-state index is 12.3. The third-order valence-corrected chi connectivity index (χ3v) is 6.68. The molecule has 0 aliphatic heterocycles. The number of hydrogen-bond acceptors (Lipinski definition) is 5. The summed E-state index contributed by atoms with van der Waals surface area (Å²) in [6.45, 7) is 6.14. The van der Waals surface area contributed by atoms with Crippen molar-refractivity contribution in [3.63, 3.8) is 0 Å². The summed E-state index contributed by atoms with van der Waals surface area (Å²) < 4.78 is 24.7. The van der Waals surface area contributed by atoms with Gasteiger partial charge < -0.3 is 10.6 Å². The lowest BCUT2D eigenvalue weighted by Gasteiger charge is -2.16. The Morgan fingerprint density at radius 1 is 1.25 bits per heavy atom. The van der Waals surface area contributed by atoms with Gasteiger partial charge in [0.15, 0.2) is 9.84 Å². The van der Waals surface area contributed by atoms with E-state index in [2.05, 4.69) is 10.6 Å². The van der Waals surface area contributed by atoms with Crippen LogP contribution in [0.25, 0.3) is 0 Å². The summed E-state index contributed by atoms with van der Waals surface area (Å²) >= 11 is 1.28. The number of benzene rings is 1. The van der Waals surface area contributed by atoms with Gasteiger partial charge in [0, 0.05) is 17.5 Å². The molecule has 0 aliphatic carbocycles. The van der Waals surface area contributed by atoms with Crippen LogP contribution >= 0.6 is 24.2 Å².